The van der Waals surface area contributed by atoms with E-state index in [4.69, 9.17) is 0 Å². The van der Waals surface area contributed by atoms with Gasteiger partial charge in [0.25, 0.3) is 5.91 Å². The van der Waals surface area contributed by atoms with E-state index in [1.54, 1.807) is 0 Å². The van der Waals surface area contributed by atoms with Gasteiger partial charge in [-0.25, -0.2) is 0 Å². The van der Waals surface area contributed by atoms with Gasteiger partial charge < -0.3 is 9.80 Å². The minimum Gasteiger partial charge on any atom is -0.342 e. The molecule has 2 aliphatic heterocycles. The van der Waals surface area contributed by atoms with Crippen LogP contribution >= 0.6 is 11.8 Å². The van der Waals surface area contributed by atoms with Crippen LogP contribution in [-0.2, 0) is 4.79 Å². The van der Waals surface area contributed by atoms with Gasteiger partial charge in [0.05, 0.1) is 10.8 Å². The zero-order valence-electron chi connectivity index (χ0n) is 17.8. The second kappa shape index (κ2) is 8.84. The second-order valence-electron chi connectivity index (χ2n) is 8.31. The number of amides is 2. The number of nitrogens with zero attached hydrogens (tertiary/aromatic N) is 2. The lowest BCUT2D eigenvalue weighted by Gasteiger charge is -2.44. The summed E-state index contributed by atoms with van der Waals surface area (Å²) in [6.07, 6.45) is 2.48. The highest BCUT2D eigenvalue weighted by atomic mass is 32.2. The molecule has 1 atom stereocenters. The van der Waals surface area contributed by atoms with Crippen molar-refractivity contribution in [3.05, 3.63) is 71.3 Å². The molecule has 0 bridgehead atoms. The summed E-state index contributed by atoms with van der Waals surface area (Å²) >= 11 is 1.89. The maximum Gasteiger partial charge on any atom is 0.254 e. The van der Waals surface area contributed by atoms with Crippen LogP contribution in [-0.4, -0.2) is 51.9 Å². The van der Waals surface area contributed by atoms with Crippen molar-refractivity contribution < 1.29 is 9.59 Å². The molecule has 2 aliphatic rings. The Labute approximate surface area is 183 Å². The molecule has 2 heterocycles. The van der Waals surface area contributed by atoms with Crippen molar-refractivity contribution in [1.29, 1.82) is 0 Å². The Morgan fingerprint density at radius 3 is 2.30 bits per heavy atom. The number of carbonyl (C=O) groups is 2. The van der Waals surface area contributed by atoms with E-state index in [0.717, 1.165) is 48.3 Å². The fraction of sp³-hybridized carbons (Fsp3) is 0.440. The molecule has 0 aliphatic carbocycles. The number of rotatable bonds is 4. The molecule has 4 nitrogen and oxygen atoms in total. The maximum atomic E-state index is 13.2. The first-order valence-electron chi connectivity index (χ1n) is 10.9. The van der Waals surface area contributed by atoms with E-state index < -0.39 is 0 Å². The number of thioether (sulfide) groups is 1. The summed E-state index contributed by atoms with van der Waals surface area (Å²) in [6, 6.07) is 17.9. The lowest BCUT2D eigenvalue weighted by molar-refractivity contribution is -0.134. The summed E-state index contributed by atoms with van der Waals surface area (Å²) in [5, 5.41) is 0. The first-order chi connectivity index (χ1) is 14.5. The molecule has 2 aromatic rings. The van der Waals surface area contributed by atoms with Gasteiger partial charge in [-0.3, -0.25) is 9.59 Å². The Kier molecular flexibility index (Phi) is 6.19. The van der Waals surface area contributed by atoms with Gasteiger partial charge >= 0.3 is 0 Å². The summed E-state index contributed by atoms with van der Waals surface area (Å²) in [5.74, 6) is 1.22. The Hall–Kier alpha value is -2.27. The Balaban J connectivity index is 1.45. The van der Waals surface area contributed by atoms with Crippen LogP contribution in [0.4, 0.5) is 0 Å². The molecule has 0 N–H and O–H groups in total. The number of piperidine rings is 1. The van der Waals surface area contributed by atoms with Crippen molar-refractivity contribution >= 4 is 23.6 Å². The quantitative estimate of drug-likeness (QED) is 0.717. The lowest BCUT2D eigenvalue weighted by Crippen LogP contribution is -2.54. The molecule has 1 spiro atoms. The van der Waals surface area contributed by atoms with Crippen LogP contribution in [0.15, 0.2) is 54.6 Å². The second-order valence-corrected chi connectivity index (χ2v) is 9.77. The van der Waals surface area contributed by atoms with Crippen molar-refractivity contribution in [3.63, 3.8) is 0 Å². The van der Waals surface area contributed by atoms with Gasteiger partial charge in [-0.2, -0.15) is 0 Å². The monoisotopic (exact) mass is 422 g/mol. The summed E-state index contributed by atoms with van der Waals surface area (Å²) in [7, 11) is 0. The largest absolute Gasteiger partial charge is 0.342 e. The first kappa shape index (κ1) is 21.0. The van der Waals surface area contributed by atoms with Crippen LogP contribution in [0.5, 0.6) is 0 Å². The number of benzene rings is 2. The molecule has 0 aromatic heterocycles. The molecular weight excluding hydrogens is 392 g/mol. The number of hydrogen-bond donors (Lipinski definition) is 0. The SMILES string of the molecule is CC[C@@H](C(=O)N1CCC2(CC1)SCCN2C(=O)c1ccc(C)cc1)c1ccccc1. The van der Waals surface area contributed by atoms with Crippen molar-refractivity contribution in [2.45, 2.75) is 43.9 Å². The highest BCUT2D eigenvalue weighted by Gasteiger charge is 2.47. The summed E-state index contributed by atoms with van der Waals surface area (Å²) in [5.41, 5.74) is 3.01. The van der Waals surface area contributed by atoms with Gasteiger partial charge in [0.1, 0.15) is 0 Å². The van der Waals surface area contributed by atoms with Gasteiger partial charge in [0.2, 0.25) is 5.91 Å². The average molecular weight is 423 g/mol. The highest BCUT2D eigenvalue weighted by molar-refractivity contribution is 8.00. The Morgan fingerprint density at radius 2 is 1.67 bits per heavy atom. The van der Waals surface area contributed by atoms with Gasteiger partial charge in [-0.05, 0) is 43.9 Å². The van der Waals surface area contributed by atoms with Crippen LogP contribution in [0.3, 0.4) is 0 Å². The molecule has 2 fully saturated rings. The zero-order valence-corrected chi connectivity index (χ0v) is 18.7. The van der Waals surface area contributed by atoms with Crippen molar-refractivity contribution in [3.8, 4) is 0 Å². The number of likely N-dealkylation sites (tertiary alicyclic amines) is 1. The van der Waals surface area contributed by atoms with E-state index in [2.05, 4.69) is 11.8 Å². The lowest BCUT2D eigenvalue weighted by atomic mass is 9.93. The van der Waals surface area contributed by atoms with Gasteiger partial charge in [0.15, 0.2) is 0 Å². The van der Waals surface area contributed by atoms with Crippen LogP contribution in [0.25, 0.3) is 0 Å². The smallest absolute Gasteiger partial charge is 0.254 e. The van der Waals surface area contributed by atoms with E-state index >= 15 is 0 Å². The van der Waals surface area contributed by atoms with Crippen molar-refractivity contribution in [2.75, 3.05) is 25.4 Å². The van der Waals surface area contributed by atoms with E-state index in [0.29, 0.717) is 13.1 Å². The van der Waals surface area contributed by atoms with E-state index in [1.165, 1.54) is 0 Å². The number of aryl methyl sites for hydroxylation is 1. The van der Waals surface area contributed by atoms with Crippen molar-refractivity contribution in [1.82, 2.24) is 9.80 Å². The summed E-state index contributed by atoms with van der Waals surface area (Å²) < 4.78 is 0. The molecule has 30 heavy (non-hydrogen) atoms. The van der Waals surface area contributed by atoms with Crippen LogP contribution in [0.2, 0.25) is 0 Å². The Bertz CT molecular complexity index is 889. The molecule has 5 heteroatoms. The summed E-state index contributed by atoms with van der Waals surface area (Å²) in [4.78, 5) is 30.4. The van der Waals surface area contributed by atoms with E-state index in [-0.39, 0.29) is 22.6 Å². The fourth-order valence-corrected chi connectivity index (χ4v) is 6.15. The van der Waals surface area contributed by atoms with Crippen molar-refractivity contribution in [2.24, 2.45) is 0 Å². The third-order valence-corrected chi connectivity index (χ3v) is 8.04. The molecule has 2 saturated heterocycles. The molecule has 4 rings (SSSR count). The topological polar surface area (TPSA) is 40.6 Å². The van der Waals surface area contributed by atoms with Gasteiger partial charge in [0, 0.05) is 31.0 Å². The number of hydrogen-bond acceptors (Lipinski definition) is 3. The highest BCUT2D eigenvalue weighted by Crippen LogP contribution is 2.45. The molecule has 0 unspecified atom stereocenters. The van der Waals surface area contributed by atoms with Gasteiger partial charge in [-0.1, -0.05) is 55.0 Å². The molecule has 158 valence electrons. The minimum absolute atomic E-state index is 0.0817. The zero-order chi connectivity index (χ0) is 21.1. The standard InChI is InChI=1S/C25H30N2O2S/c1-3-22(20-7-5-4-6-8-20)24(29)26-15-13-25(14-16-26)27(17-18-30-25)23(28)21-11-9-19(2)10-12-21/h4-12,22H,3,13-18H2,1-2H3/t22-/m1/s1. The maximum absolute atomic E-state index is 13.2. The van der Waals surface area contributed by atoms with Gasteiger partial charge in [-0.15, -0.1) is 11.8 Å². The third kappa shape index (κ3) is 4.00. The van der Waals surface area contributed by atoms with Crippen LogP contribution in [0, 0.1) is 6.92 Å². The molecular formula is C25H30N2O2S. The van der Waals surface area contributed by atoms with E-state index in [9.17, 15) is 9.59 Å². The van der Waals surface area contributed by atoms with Crippen LogP contribution in [0.1, 0.15) is 53.6 Å². The summed E-state index contributed by atoms with van der Waals surface area (Å²) in [6.45, 7) is 6.33. The minimum atomic E-state index is -0.173. The van der Waals surface area contributed by atoms with E-state index in [1.807, 2.05) is 78.2 Å². The Morgan fingerprint density at radius 1 is 1.00 bits per heavy atom. The molecule has 0 saturated carbocycles. The predicted molar refractivity (Wildman–Crippen MR) is 123 cm³/mol. The molecule has 0 radical (unpaired) electrons. The predicted octanol–water partition coefficient (Wildman–Crippen LogP) is 4.70. The third-order valence-electron chi connectivity index (χ3n) is 6.49. The van der Waals surface area contributed by atoms with Crippen LogP contribution < -0.4 is 0 Å². The first-order valence-corrected chi connectivity index (χ1v) is 11.9. The molecule has 2 amide bonds. The number of carbonyl (C=O) groups excluding carboxylic acids is 2. The average Bonchev–Trinajstić information content (AvgIpc) is 3.18. The normalized spacial score (nSPS) is 19.1. The fourth-order valence-electron chi connectivity index (χ4n) is 4.70. The molecule has 2 aromatic carbocycles.